The first-order valence-corrected chi connectivity index (χ1v) is 5.48. The molecule has 13 heavy (non-hydrogen) atoms. The van der Waals surface area contributed by atoms with Crippen molar-refractivity contribution >= 4 is 11.8 Å². The highest BCUT2D eigenvalue weighted by atomic mass is 32.2. The molecule has 0 saturated carbocycles. The molecule has 0 aliphatic heterocycles. The second kappa shape index (κ2) is 6.66. The number of rotatable bonds is 6. The fourth-order valence-corrected chi connectivity index (χ4v) is 1.16. The summed E-state index contributed by atoms with van der Waals surface area (Å²) >= 11 is 1.82. The van der Waals surface area contributed by atoms with E-state index in [1.54, 1.807) is 6.08 Å². The van der Waals surface area contributed by atoms with Gasteiger partial charge in [0.15, 0.2) is 0 Å². The van der Waals surface area contributed by atoms with E-state index in [1.807, 2.05) is 24.9 Å². The Balaban J connectivity index is 3.89. The molecule has 0 aliphatic carbocycles. The van der Waals surface area contributed by atoms with Crippen molar-refractivity contribution in [3.05, 3.63) is 36.7 Å². The van der Waals surface area contributed by atoms with E-state index in [1.165, 1.54) is 0 Å². The molecule has 0 radical (unpaired) electrons. The molecule has 2 N–H and O–H groups in total. The van der Waals surface area contributed by atoms with Gasteiger partial charge in [-0.15, -0.1) is 0 Å². The topological polar surface area (TPSA) is 29.3 Å². The molecule has 0 fully saturated rings. The summed E-state index contributed by atoms with van der Waals surface area (Å²) in [6, 6.07) is 0. The van der Waals surface area contributed by atoms with Crippen LogP contribution in [0.1, 0.15) is 0 Å². The minimum atomic E-state index is 0.555. The van der Waals surface area contributed by atoms with Gasteiger partial charge in [-0.2, -0.15) is 11.8 Å². The highest BCUT2D eigenvalue weighted by molar-refractivity contribution is 7.98. The van der Waals surface area contributed by atoms with E-state index in [2.05, 4.69) is 24.3 Å². The Bertz CT molecular complexity index is 209. The third-order valence-corrected chi connectivity index (χ3v) is 2.20. The van der Waals surface area contributed by atoms with Crippen molar-refractivity contribution < 1.29 is 0 Å². The third kappa shape index (κ3) is 6.34. The smallest absolute Gasteiger partial charge is 0.0291 e. The Morgan fingerprint density at radius 2 is 2.08 bits per heavy atom. The normalized spacial score (nSPS) is 10.3. The van der Waals surface area contributed by atoms with Crippen molar-refractivity contribution in [2.24, 2.45) is 5.73 Å². The molecule has 74 valence electrons. The predicted octanol–water partition coefficient (Wildman–Crippen LogP) is 1.82. The van der Waals surface area contributed by atoms with Crippen LogP contribution in [0.25, 0.3) is 0 Å². The molecule has 3 heteroatoms. The summed E-state index contributed by atoms with van der Waals surface area (Å²) in [6.45, 7) is 8.49. The molecule has 0 atom stereocenters. The van der Waals surface area contributed by atoms with E-state index in [0.717, 1.165) is 18.0 Å². The van der Waals surface area contributed by atoms with Crippen LogP contribution in [-0.4, -0.2) is 30.5 Å². The van der Waals surface area contributed by atoms with Crippen LogP contribution >= 0.6 is 11.8 Å². The van der Waals surface area contributed by atoms with Crippen LogP contribution in [0.15, 0.2) is 36.7 Å². The summed E-state index contributed by atoms with van der Waals surface area (Å²) in [5, 5.41) is 0. The van der Waals surface area contributed by atoms with Crippen molar-refractivity contribution in [1.29, 1.82) is 0 Å². The van der Waals surface area contributed by atoms with Crippen LogP contribution < -0.4 is 5.73 Å². The first-order chi connectivity index (χ1) is 6.07. The molecule has 0 bridgehead atoms. The van der Waals surface area contributed by atoms with Gasteiger partial charge in [-0.05, 0) is 18.4 Å². The second-order valence-corrected chi connectivity index (χ2v) is 3.80. The van der Waals surface area contributed by atoms with Gasteiger partial charge >= 0.3 is 0 Å². The summed E-state index contributed by atoms with van der Waals surface area (Å²) in [5.41, 5.74) is 6.91. The molecule has 0 aromatic carbocycles. The number of allylic oxidation sites excluding steroid dienone is 2. The van der Waals surface area contributed by atoms with Gasteiger partial charge in [-0.1, -0.05) is 13.2 Å². The van der Waals surface area contributed by atoms with E-state index in [-0.39, 0.29) is 0 Å². The van der Waals surface area contributed by atoms with Crippen LogP contribution in [0, 0.1) is 0 Å². The third-order valence-electron chi connectivity index (χ3n) is 1.61. The number of hydrogen-bond acceptors (Lipinski definition) is 3. The maximum Gasteiger partial charge on any atom is 0.0291 e. The molecular weight excluding hydrogens is 180 g/mol. The summed E-state index contributed by atoms with van der Waals surface area (Å²) < 4.78 is 0. The van der Waals surface area contributed by atoms with E-state index in [0.29, 0.717) is 5.70 Å². The Labute approximate surface area is 85.2 Å². The monoisotopic (exact) mass is 198 g/mol. The Kier molecular flexibility index (Phi) is 6.24. The van der Waals surface area contributed by atoms with Crippen molar-refractivity contribution in [2.45, 2.75) is 0 Å². The molecule has 0 saturated heterocycles. The molecule has 0 rings (SSSR count). The summed E-state index contributed by atoms with van der Waals surface area (Å²) in [6.07, 6.45) is 5.73. The number of likely N-dealkylation sites (N-methyl/N-ethyl adjacent to an activating group) is 1. The zero-order chi connectivity index (χ0) is 10.3. The van der Waals surface area contributed by atoms with E-state index >= 15 is 0 Å². The van der Waals surface area contributed by atoms with Crippen LogP contribution in [0.2, 0.25) is 0 Å². The Hall–Kier alpha value is -0.830. The zero-order valence-electron chi connectivity index (χ0n) is 8.42. The lowest BCUT2D eigenvalue weighted by molar-refractivity contribution is 0.462. The molecule has 2 nitrogen and oxygen atoms in total. The van der Waals surface area contributed by atoms with Crippen molar-refractivity contribution in [3.63, 3.8) is 0 Å². The Morgan fingerprint density at radius 3 is 2.54 bits per heavy atom. The highest BCUT2D eigenvalue weighted by Gasteiger charge is 1.96. The molecule has 0 aromatic rings. The summed E-state index contributed by atoms with van der Waals surface area (Å²) in [5.74, 6) is 1.10. The van der Waals surface area contributed by atoms with Gasteiger partial charge in [0, 0.05) is 30.7 Å². The van der Waals surface area contributed by atoms with Gasteiger partial charge in [0.2, 0.25) is 0 Å². The Morgan fingerprint density at radius 1 is 1.46 bits per heavy atom. The van der Waals surface area contributed by atoms with E-state index < -0.39 is 0 Å². The minimum absolute atomic E-state index is 0.555. The number of nitrogens with two attached hydrogens (primary N) is 1. The van der Waals surface area contributed by atoms with Gasteiger partial charge in [0.05, 0.1) is 0 Å². The molecule has 0 unspecified atom stereocenters. The quantitative estimate of drug-likeness (QED) is 0.660. The minimum Gasteiger partial charge on any atom is -0.399 e. The first kappa shape index (κ1) is 12.2. The molecular formula is C10H18N2S. The lowest BCUT2D eigenvalue weighted by Gasteiger charge is -2.18. The summed E-state index contributed by atoms with van der Waals surface area (Å²) in [7, 11) is 2.02. The van der Waals surface area contributed by atoms with E-state index in [9.17, 15) is 0 Å². The maximum absolute atomic E-state index is 5.40. The van der Waals surface area contributed by atoms with Crippen LogP contribution in [0.4, 0.5) is 0 Å². The molecule has 0 aromatic heterocycles. The molecule has 0 aliphatic rings. The van der Waals surface area contributed by atoms with Gasteiger partial charge < -0.3 is 10.6 Å². The summed E-state index contributed by atoms with van der Waals surface area (Å²) in [4.78, 5) is 2.09. The van der Waals surface area contributed by atoms with E-state index in [4.69, 9.17) is 5.73 Å². The van der Waals surface area contributed by atoms with Crippen molar-refractivity contribution in [1.82, 2.24) is 4.90 Å². The standard InChI is InChI=1S/C10H18N2S/c1-9(11)5-6-10(2)12(3)7-8-13-4/h5-6H,1-2,7-8,11H2,3-4H3/b6-5-. The average molecular weight is 198 g/mol. The number of nitrogens with zero attached hydrogens (tertiary/aromatic N) is 1. The number of hydrogen-bond donors (Lipinski definition) is 1. The van der Waals surface area contributed by atoms with Crippen molar-refractivity contribution in [2.75, 3.05) is 25.6 Å². The van der Waals surface area contributed by atoms with Crippen LogP contribution in [-0.2, 0) is 0 Å². The lowest BCUT2D eigenvalue weighted by atomic mass is 10.3. The predicted molar refractivity (Wildman–Crippen MR) is 62.6 cm³/mol. The fourth-order valence-electron chi connectivity index (χ4n) is 0.702. The van der Waals surface area contributed by atoms with Gasteiger partial charge in [-0.3, -0.25) is 0 Å². The average Bonchev–Trinajstić information content (AvgIpc) is 2.10. The van der Waals surface area contributed by atoms with Gasteiger partial charge in [0.25, 0.3) is 0 Å². The SMILES string of the molecule is C=C(N)/C=C\C(=C)N(C)CCSC. The lowest BCUT2D eigenvalue weighted by Crippen LogP contribution is -2.18. The van der Waals surface area contributed by atoms with Crippen LogP contribution in [0.5, 0.6) is 0 Å². The van der Waals surface area contributed by atoms with Crippen molar-refractivity contribution in [3.8, 4) is 0 Å². The molecule has 0 amide bonds. The second-order valence-electron chi connectivity index (χ2n) is 2.81. The highest BCUT2D eigenvalue weighted by Crippen LogP contribution is 2.02. The molecule has 0 heterocycles. The van der Waals surface area contributed by atoms with Crippen LogP contribution in [0.3, 0.4) is 0 Å². The van der Waals surface area contributed by atoms with Gasteiger partial charge in [0.1, 0.15) is 0 Å². The van der Waals surface area contributed by atoms with Gasteiger partial charge in [-0.25, -0.2) is 0 Å². The maximum atomic E-state index is 5.40. The zero-order valence-corrected chi connectivity index (χ0v) is 9.23. The first-order valence-electron chi connectivity index (χ1n) is 4.09. The number of thioether (sulfide) groups is 1. The fraction of sp³-hybridized carbons (Fsp3) is 0.400. The largest absolute Gasteiger partial charge is 0.399 e. The molecule has 0 spiro atoms.